The van der Waals surface area contributed by atoms with E-state index in [1.165, 1.54) is 12.8 Å². The molecule has 1 aliphatic heterocycles. The van der Waals surface area contributed by atoms with Crippen molar-refractivity contribution >= 4 is 11.8 Å². The van der Waals surface area contributed by atoms with Crippen molar-refractivity contribution in [1.29, 1.82) is 0 Å². The number of fused-ring (bicyclic) bond motifs is 1. The standard InChI is InChI=1S/C20H24N4O3/c1-13(18-21-12-27-23-18)22-19(25)17-11-15-9-5-6-10-16(15)24(17)20(26)14-7-3-2-4-8-14/h2-4,7-8,12-13,15-17H,5-6,9-11H2,1H3,(H,22,25). The fourth-order valence-corrected chi connectivity index (χ4v) is 4.46. The quantitative estimate of drug-likeness (QED) is 0.896. The lowest BCUT2D eigenvalue weighted by Crippen LogP contribution is -2.50. The Hall–Kier alpha value is -2.70. The Bertz CT molecular complexity index is 793. The number of nitrogens with one attached hydrogen (secondary N) is 1. The molecule has 1 aromatic heterocycles. The molecule has 0 spiro atoms. The van der Waals surface area contributed by atoms with Crippen LogP contribution < -0.4 is 5.32 Å². The summed E-state index contributed by atoms with van der Waals surface area (Å²) < 4.78 is 4.76. The average Bonchev–Trinajstić information content (AvgIpc) is 3.36. The third kappa shape index (κ3) is 3.46. The van der Waals surface area contributed by atoms with Crippen LogP contribution in [0.5, 0.6) is 0 Å². The molecule has 7 nitrogen and oxygen atoms in total. The van der Waals surface area contributed by atoms with Crippen LogP contribution in [-0.2, 0) is 4.79 Å². The number of aromatic nitrogens is 2. The highest BCUT2D eigenvalue weighted by atomic mass is 16.5. The molecule has 0 bridgehead atoms. The third-order valence-electron chi connectivity index (χ3n) is 5.77. The summed E-state index contributed by atoms with van der Waals surface area (Å²) >= 11 is 0. The van der Waals surface area contributed by atoms with Gasteiger partial charge in [0.25, 0.3) is 5.91 Å². The monoisotopic (exact) mass is 368 g/mol. The Balaban J connectivity index is 1.57. The van der Waals surface area contributed by atoms with E-state index >= 15 is 0 Å². The van der Waals surface area contributed by atoms with Gasteiger partial charge in [-0.1, -0.05) is 36.2 Å². The molecule has 1 N–H and O–H groups in total. The Kier molecular flexibility index (Phi) is 4.92. The van der Waals surface area contributed by atoms with Crippen molar-refractivity contribution in [3.63, 3.8) is 0 Å². The van der Waals surface area contributed by atoms with Gasteiger partial charge in [-0.15, -0.1) is 0 Å². The second-order valence-electron chi connectivity index (χ2n) is 7.46. The van der Waals surface area contributed by atoms with E-state index < -0.39 is 6.04 Å². The van der Waals surface area contributed by atoms with E-state index in [2.05, 4.69) is 15.5 Å². The molecule has 1 aromatic carbocycles. The number of nitrogens with zero attached hydrogens (tertiary/aromatic N) is 3. The van der Waals surface area contributed by atoms with Crippen molar-refractivity contribution < 1.29 is 14.1 Å². The molecule has 4 atom stereocenters. The molecule has 27 heavy (non-hydrogen) atoms. The van der Waals surface area contributed by atoms with Crippen molar-refractivity contribution in [3.05, 3.63) is 48.1 Å². The van der Waals surface area contributed by atoms with E-state index in [4.69, 9.17) is 4.52 Å². The highest BCUT2D eigenvalue weighted by Gasteiger charge is 2.47. The van der Waals surface area contributed by atoms with Crippen LogP contribution in [0.25, 0.3) is 0 Å². The lowest BCUT2D eigenvalue weighted by Gasteiger charge is -2.34. The number of benzene rings is 1. The molecule has 1 saturated carbocycles. The van der Waals surface area contributed by atoms with Gasteiger partial charge in [-0.05, 0) is 44.2 Å². The Morgan fingerprint density at radius 3 is 2.74 bits per heavy atom. The highest BCUT2D eigenvalue weighted by molar-refractivity contribution is 5.98. The number of carbonyl (C=O) groups excluding carboxylic acids is 2. The van der Waals surface area contributed by atoms with Crippen molar-refractivity contribution in [2.75, 3.05) is 0 Å². The molecule has 4 rings (SSSR count). The molecule has 4 unspecified atom stereocenters. The zero-order valence-electron chi connectivity index (χ0n) is 15.4. The fraction of sp³-hybridized carbons (Fsp3) is 0.500. The number of likely N-dealkylation sites (tertiary alicyclic amines) is 1. The van der Waals surface area contributed by atoms with E-state index in [-0.39, 0.29) is 23.9 Å². The SMILES string of the molecule is CC(NC(=O)C1CC2CCCCC2N1C(=O)c1ccccc1)c1ncon1. The Morgan fingerprint density at radius 1 is 1.22 bits per heavy atom. The maximum Gasteiger partial charge on any atom is 0.254 e. The van der Waals surface area contributed by atoms with Gasteiger partial charge in [0.1, 0.15) is 6.04 Å². The van der Waals surface area contributed by atoms with E-state index in [0.29, 0.717) is 23.7 Å². The van der Waals surface area contributed by atoms with Gasteiger partial charge >= 0.3 is 0 Å². The molecule has 142 valence electrons. The summed E-state index contributed by atoms with van der Waals surface area (Å²) in [4.78, 5) is 32.1. The summed E-state index contributed by atoms with van der Waals surface area (Å²) in [5.74, 6) is 0.616. The second kappa shape index (κ2) is 7.50. The van der Waals surface area contributed by atoms with Crippen LogP contribution in [-0.4, -0.2) is 38.9 Å². The first kappa shape index (κ1) is 17.7. The zero-order valence-corrected chi connectivity index (χ0v) is 15.4. The van der Waals surface area contributed by atoms with Crippen LogP contribution in [0, 0.1) is 5.92 Å². The molecule has 2 fully saturated rings. The molecule has 1 aliphatic carbocycles. The van der Waals surface area contributed by atoms with Crippen LogP contribution >= 0.6 is 0 Å². The zero-order chi connectivity index (χ0) is 18.8. The smallest absolute Gasteiger partial charge is 0.254 e. The summed E-state index contributed by atoms with van der Waals surface area (Å²) in [5.41, 5.74) is 0.632. The van der Waals surface area contributed by atoms with Crippen LogP contribution in [0.2, 0.25) is 0 Å². The first-order chi connectivity index (χ1) is 13.1. The van der Waals surface area contributed by atoms with E-state index in [9.17, 15) is 9.59 Å². The average molecular weight is 368 g/mol. The number of hydrogen-bond donors (Lipinski definition) is 1. The second-order valence-corrected chi connectivity index (χ2v) is 7.46. The summed E-state index contributed by atoms with van der Waals surface area (Å²) in [6.07, 6.45) is 6.28. The Morgan fingerprint density at radius 2 is 2.00 bits per heavy atom. The van der Waals surface area contributed by atoms with Gasteiger partial charge in [0, 0.05) is 11.6 Å². The molecule has 2 aromatic rings. The van der Waals surface area contributed by atoms with Gasteiger partial charge in [-0.2, -0.15) is 4.98 Å². The summed E-state index contributed by atoms with van der Waals surface area (Å²) in [6, 6.07) is 8.55. The minimum Gasteiger partial charge on any atom is -0.344 e. The minimum absolute atomic E-state index is 0.0580. The first-order valence-corrected chi connectivity index (χ1v) is 9.59. The summed E-state index contributed by atoms with van der Waals surface area (Å²) in [5, 5.41) is 6.74. The van der Waals surface area contributed by atoms with Gasteiger partial charge in [0.05, 0.1) is 6.04 Å². The van der Waals surface area contributed by atoms with Gasteiger partial charge in [0.15, 0.2) is 5.82 Å². The lowest BCUT2D eigenvalue weighted by molar-refractivity contribution is -0.125. The molecule has 7 heteroatoms. The normalized spacial score (nSPS) is 25.7. The number of amides is 2. The van der Waals surface area contributed by atoms with E-state index in [1.807, 2.05) is 42.2 Å². The molecular formula is C20H24N4O3. The van der Waals surface area contributed by atoms with E-state index in [1.54, 1.807) is 0 Å². The highest BCUT2D eigenvalue weighted by Crippen LogP contribution is 2.40. The molecule has 2 heterocycles. The van der Waals surface area contributed by atoms with Gasteiger partial charge in [-0.25, -0.2) is 0 Å². The van der Waals surface area contributed by atoms with Crippen molar-refractivity contribution in [3.8, 4) is 0 Å². The van der Waals surface area contributed by atoms with Gasteiger partial charge in [-0.3, -0.25) is 9.59 Å². The van der Waals surface area contributed by atoms with Gasteiger partial charge < -0.3 is 14.7 Å². The molecule has 1 saturated heterocycles. The molecular weight excluding hydrogens is 344 g/mol. The molecule has 2 aliphatic rings. The molecule has 2 amide bonds. The predicted octanol–water partition coefficient (Wildman–Crippen LogP) is 2.72. The van der Waals surface area contributed by atoms with Crippen LogP contribution in [0.3, 0.4) is 0 Å². The number of carbonyl (C=O) groups is 2. The lowest BCUT2D eigenvalue weighted by atomic mass is 9.84. The van der Waals surface area contributed by atoms with Crippen LogP contribution in [0.4, 0.5) is 0 Å². The Labute approximate surface area is 158 Å². The maximum atomic E-state index is 13.2. The topological polar surface area (TPSA) is 88.3 Å². The van der Waals surface area contributed by atoms with Crippen LogP contribution in [0.15, 0.2) is 41.2 Å². The predicted molar refractivity (Wildman–Crippen MR) is 97.6 cm³/mol. The van der Waals surface area contributed by atoms with Crippen molar-refractivity contribution in [2.24, 2.45) is 5.92 Å². The maximum absolute atomic E-state index is 13.2. The van der Waals surface area contributed by atoms with Crippen molar-refractivity contribution in [1.82, 2.24) is 20.4 Å². The summed E-state index contributed by atoms with van der Waals surface area (Å²) in [6.45, 7) is 1.81. The summed E-state index contributed by atoms with van der Waals surface area (Å²) in [7, 11) is 0. The first-order valence-electron chi connectivity index (χ1n) is 9.59. The third-order valence-corrected chi connectivity index (χ3v) is 5.77. The largest absolute Gasteiger partial charge is 0.344 e. The van der Waals surface area contributed by atoms with Gasteiger partial charge in [0.2, 0.25) is 12.3 Å². The van der Waals surface area contributed by atoms with Crippen LogP contribution in [0.1, 0.15) is 61.3 Å². The number of rotatable bonds is 4. The molecule has 0 radical (unpaired) electrons. The fourth-order valence-electron chi connectivity index (χ4n) is 4.46. The van der Waals surface area contributed by atoms with Crippen molar-refractivity contribution in [2.45, 2.75) is 57.2 Å². The van der Waals surface area contributed by atoms with E-state index in [0.717, 1.165) is 19.3 Å². The minimum atomic E-state index is -0.458. The number of hydrogen-bond acceptors (Lipinski definition) is 5.